The van der Waals surface area contributed by atoms with Crippen LogP contribution in [0.5, 0.6) is 0 Å². The highest BCUT2D eigenvalue weighted by molar-refractivity contribution is 7.89. The van der Waals surface area contributed by atoms with Crippen LogP contribution in [0.25, 0.3) is 22.2 Å². The lowest BCUT2D eigenvalue weighted by atomic mass is 9.93. The number of carbonyl (C=O) groups excluding carboxylic acids is 1. The third-order valence-corrected chi connectivity index (χ3v) is 9.59. The minimum atomic E-state index is -3.68. The van der Waals surface area contributed by atoms with Gasteiger partial charge in [0.1, 0.15) is 5.82 Å². The molecular weight excluding hydrogens is 500 g/mol. The minimum absolute atomic E-state index is 0. The predicted octanol–water partition coefficient (Wildman–Crippen LogP) is 4.60. The van der Waals surface area contributed by atoms with Crippen molar-refractivity contribution in [3.05, 3.63) is 84.6 Å². The van der Waals surface area contributed by atoms with Crippen LogP contribution in [0, 0.1) is 0 Å². The molecule has 1 aliphatic heterocycles. The minimum Gasteiger partial charge on any atom is -0.395 e. The number of pyridine rings is 2. The molecule has 1 saturated heterocycles. The van der Waals surface area contributed by atoms with Gasteiger partial charge in [-0.25, -0.2) is 13.4 Å². The van der Waals surface area contributed by atoms with Crippen LogP contribution in [0.1, 0.15) is 34.1 Å². The Morgan fingerprint density at radius 2 is 1.89 bits per heavy atom. The zero-order valence-electron chi connectivity index (χ0n) is 20.7. The van der Waals surface area contributed by atoms with Gasteiger partial charge in [0, 0.05) is 32.6 Å². The first kappa shape index (κ1) is 24.7. The van der Waals surface area contributed by atoms with Crippen molar-refractivity contribution in [3.63, 3.8) is 0 Å². The van der Waals surface area contributed by atoms with Gasteiger partial charge in [0.25, 0.3) is 0 Å². The summed E-state index contributed by atoms with van der Waals surface area (Å²) in [5, 5.41) is 13.5. The van der Waals surface area contributed by atoms with E-state index in [-0.39, 0.29) is 26.3 Å². The van der Waals surface area contributed by atoms with Crippen molar-refractivity contribution in [2.24, 2.45) is 0 Å². The van der Waals surface area contributed by atoms with Gasteiger partial charge < -0.3 is 10.4 Å². The molecule has 198 valence electrons. The van der Waals surface area contributed by atoms with Crippen LogP contribution in [0.3, 0.4) is 0 Å². The van der Waals surface area contributed by atoms with Crippen LogP contribution in [0.2, 0.25) is 0 Å². The zero-order valence-corrected chi connectivity index (χ0v) is 21.6. The largest absolute Gasteiger partial charge is 0.395 e. The normalized spacial score (nSPS) is 18.9. The van der Waals surface area contributed by atoms with Gasteiger partial charge in [-0.1, -0.05) is 30.3 Å². The average Bonchev–Trinajstić information content (AvgIpc) is 3.62. The maximum Gasteiger partial charge on any atom is 0.243 e. The van der Waals surface area contributed by atoms with Crippen molar-refractivity contribution in [1.29, 1.82) is 0 Å². The van der Waals surface area contributed by atoms with Crippen LogP contribution < -0.4 is 5.32 Å². The number of aliphatic hydroxyl groups is 1. The molecule has 8 nitrogen and oxygen atoms in total. The van der Waals surface area contributed by atoms with Gasteiger partial charge in [-0.2, -0.15) is 4.31 Å². The number of nitrogens with one attached hydrogen (secondary N) is 1. The monoisotopic (exact) mass is 532 g/mol. The summed E-state index contributed by atoms with van der Waals surface area (Å²) in [6.07, 6.45) is 4.70. The van der Waals surface area contributed by atoms with Crippen molar-refractivity contribution in [2.45, 2.75) is 42.0 Å². The summed E-state index contributed by atoms with van der Waals surface area (Å²) in [7, 11) is -3.68. The summed E-state index contributed by atoms with van der Waals surface area (Å²) in [6.45, 7) is 0.231. The molecule has 2 aromatic carbocycles. The van der Waals surface area contributed by atoms with Crippen LogP contribution >= 0.6 is 0 Å². The zero-order chi connectivity index (χ0) is 26.3. The molecule has 2 aromatic heterocycles. The molecule has 0 bridgehead atoms. The van der Waals surface area contributed by atoms with E-state index in [0.717, 1.165) is 41.3 Å². The van der Waals surface area contributed by atoms with Crippen molar-refractivity contribution in [3.8, 4) is 11.3 Å². The van der Waals surface area contributed by atoms with Gasteiger partial charge >= 0.3 is 0 Å². The van der Waals surface area contributed by atoms with E-state index in [1.165, 1.54) is 4.31 Å². The number of rotatable bonds is 7. The van der Waals surface area contributed by atoms with Crippen molar-refractivity contribution in [1.82, 2.24) is 14.3 Å². The Kier molecular flexibility index (Phi) is 6.22. The van der Waals surface area contributed by atoms with E-state index in [1.807, 2.05) is 42.5 Å². The number of anilines is 1. The Morgan fingerprint density at radius 1 is 1.08 bits per heavy atom. The molecule has 6 rings (SSSR count). The first-order valence-electron chi connectivity index (χ1n) is 12.8. The molecule has 0 radical (unpaired) electrons. The van der Waals surface area contributed by atoms with Gasteiger partial charge in [-0.15, -0.1) is 0 Å². The van der Waals surface area contributed by atoms with E-state index in [4.69, 9.17) is 0 Å². The molecular formula is C29H32N4O4S. The summed E-state index contributed by atoms with van der Waals surface area (Å²) < 4.78 is 27.5. The van der Waals surface area contributed by atoms with E-state index in [1.54, 1.807) is 36.5 Å². The second-order valence-electron chi connectivity index (χ2n) is 9.97. The van der Waals surface area contributed by atoms with Crippen LogP contribution in [-0.4, -0.2) is 52.9 Å². The molecule has 1 atom stereocenters. The number of aromatic nitrogens is 2. The molecule has 1 amide bonds. The standard InChI is InChI=1S/C29H28N4O4S.2H2/c34-19-23-5-3-17-33(23)38(36,37)24-11-8-20(9-12-24)26-6-1-7-27(31-26)32-28(35)29(14-15-29)22-10-13-25-21(18-22)4-2-16-30-25;;/h1-2,4,6-13,16,18,23,34H,3,5,14-15,17,19H2,(H,31,32,35);2*1H/t23-;;/m1../s1. The topological polar surface area (TPSA) is 112 Å². The highest BCUT2D eigenvalue weighted by Gasteiger charge is 2.51. The van der Waals surface area contributed by atoms with E-state index >= 15 is 0 Å². The second kappa shape index (κ2) is 9.58. The number of sulfonamides is 1. The van der Waals surface area contributed by atoms with E-state index in [2.05, 4.69) is 15.3 Å². The molecule has 1 aliphatic carbocycles. The SMILES string of the molecule is O=C(Nc1cccc(-c2ccc(S(=O)(=O)N3CCC[C@@H]3CO)cc2)n1)C1(c2ccc3ncccc3c2)CC1.[HH].[HH]. The number of benzene rings is 2. The molecule has 2 fully saturated rings. The van der Waals surface area contributed by atoms with Gasteiger partial charge in [0.2, 0.25) is 15.9 Å². The highest BCUT2D eigenvalue weighted by atomic mass is 32.2. The summed E-state index contributed by atoms with van der Waals surface area (Å²) in [5.74, 6) is 0.358. The number of amides is 1. The van der Waals surface area contributed by atoms with Crippen molar-refractivity contribution >= 4 is 32.7 Å². The number of fused-ring (bicyclic) bond motifs is 1. The van der Waals surface area contributed by atoms with E-state index < -0.39 is 15.4 Å². The smallest absolute Gasteiger partial charge is 0.243 e. The molecule has 38 heavy (non-hydrogen) atoms. The fourth-order valence-electron chi connectivity index (χ4n) is 5.29. The van der Waals surface area contributed by atoms with Gasteiger partial charge in [0.05, 0.1) is 28.1 Å². The summed E-state index contributed by atoms with van der Waals surface area (Å²) in [4.78, 5) is 22.5. The number of hydrogen-bond donors (Lipinski definition) is 2. The van der Waals surface area contributed by atoms with Crippen LogP contribution in [0.15, 0.2) is 83.9 Å². The Labute approximate surface area is 224 Å². The summed E-state index contributed by atoms with van der Waals surface area (Å²) >= 11 is 0. The van der Waals surface area contributed by atoms with Crippen molar-refractivity contribution in [2.75, 3.05) is 18.5 Å². The summed E-state index contributed by atoms with van der Waals surface area (Å²) in [6, 6.07) is 21.5. The van der Waals surface area contributed by atoms with Crippen LogP contribution in [-0.2, 0) is 20.2 Å². The molecule has 2 N–H and O–H groups in total. The molecule has 3 heterocycles. The molecule has 4 aromatic rings. The third-order valence-electron chi connectivity index (χ3n) is 7.62. The molecule has 1 saturated carbocycles. The molecule has 2 aliphatic rings. The number of aliphatic hydroxyl groups excluding tert-OH is 1. The number of hydrogen-bond acceptors (Lipinski definition) is 6. The summed E-state index contributed by atoms with van der Waals surface area (Å²) in [5.41, 5.74) is 2.67. The molecule has 0 spiro atoms. The predicted molar refractivity (Wildman–Crippen MR) is 149 cm³/mol. The van der Waals surface area contributed by atoms with E-state index in [0.29, 0.717) is 24.5 Å². The molecule has 0 unspecified atom stereocenters. The lowest BCUT2D eigenvalue weighted by Gasteiger charge is -2.22. The second-order valence-corrected chi connectivity index (χ2v) is 11.9. The first-order chi connectivity index (χ1) is 18.4. The lowest BCUT2D eigenvalue weighted by Crippen LogP contribution is -2.37. The number of carbonyl (C=O) groups is 1. The lowest BCUT2D eigenvalue weighted by molar-refractivity contribution is -0.118. The average molecular weight is 533 g/mol. The first-order valence-corrected chi connectivity index (χ1v) is 14.2. The Bertz CT molecular complexity index is 1630. The van der Waals surface area contributed by atoms with Gasteiger partial charge in [0.15, 0.2) is 0 Å². The molecule has 9 heteroatoms. The number of nitrogens with zero attached hydrogens (tertiary/aromatic N) is 3. The maximum atomic E-state index is 13.4. The van der Waals surface area contributed by atoms with Crippen molar-refractivity contribution < 1.29 is 21.2 Å². The fraction of sp³-hybridized carbons (Fsp3) is 0.276. The van der Waals surface area contributed by atoms with E-state index in [9.17, 15) is 18.3 Å². The van der Waals surface area contributed by atoms with Gasteiger partial charge in [-0.05, 0) is 73.7 Å². The van der Waals surface area contributed by atoms with Gasteiger partial charge in [-0.3, -0.25) is 9.78 Å². The Morgan fingerprint density at radius 3 is 2.66 bits per heavy atom. The quantitative estimate of drug-likeness (QED) is 0.360. The fourth-order valence-corrected chi connectivity index (χ4v) is 6.97. The Balaban J connectivity index is 0.00000185. The van der Waals surface area contributed by atoms with Crippen LogP contribution in [0.4, 0.5) is 5.82 Å². The highest BCUT2D eigenvalue weighted by Crippen LogP contribution is 2.49. The maximum absolute atomic E-state index is 13.4. The third kappa shape index (κ3) is 4.36. The Hall–Kier alpha value is -3.66.